The third-order valence-corrected chi connectivity index (χ3v) is 8.56. The summed E-state index contributed by atoms with van der Waals surface area (Å²) in [7, 11) is -3.53. The zero-order chi connectivity index (χ0) is 28.3. The normalized spacial score (nSPS) is 22.9. The van der Waals surface area contributed by atoms with E-state index in [1.54, 1.807) is 41.3 Å². The number of benzene rings is 3. The fraction of sp³-hybridized carbons (Fsp3) is 0.333. The third kappa shape index (κ3) is 6.23. The van der Waals surface area contributed by atoms with Crippen LogP contribution in [0, 0.1) is 0 Å². The summed E-state index contributed by atoms with van der Waals surface area (Å²) in [5, 5.41) is 0.527. The minimum Gasteiger partial charge on any atom is -0.326 e. The maximum absolute atomic E-state index is 14.2. The lowest BCUT2D eigenvalue weighted by molar-refractivity contribution is -0.138. The fourth-order valence-electron chi connectivity index (χ4n) is 5.90. The number of carbonyl (C=O) groups is 2. The van der Waals surface area contributed by atoms with Crippen LogP contribution < -0.4 is 10.2 Å². The number of hydrogen-bond donors (Lipinski definition) is 2. The minimum atomic E-state index is -3.53. The lowest BCUT2D eigenvalue weighted by Crippen LogP contribution is -2.59. The van der Waals surface area contributed by atoms with Crippen LogP contribution in [0.15, 0.2) is 78.9 Å². The van der Waals surface area contributed by atoms with Crippen LogP contribution in [0.2, 0.25) is 5.02 Å². The number of rotatable bonds is 8. The molecule has 3 aromatic rings. The monoisotopic (exact) mass is 581 g/mol. The number of fused-ring (bicyclic) bond motifs is 1. The predicted octanol–water partition coefficient (Wildman–Crippen LogP) is 4.73. The molecule has 210 valence electrons. The Balaban J connectivity index is 1.57. The van der Waals surface area contributed by atoms with Crippen LogP contribution in [0.25, 0.3) is 0 Å². The van der Waals surface area contributed by atoms with Gasteiger partial charge in [-0.15, -0.1) is 0 Å². The lowest BCUT2D eigenvalue weighted by Gasteiger charge is -2.49. The van der Waals surface area contributed by atoms with Crippen molar-refractivity contribution in [2.45, 2.75) is 56.3 Å². The van der Waals surface area contributed by atoms with Gasteiger partial charge in [-0.05, 0) is 47.7 Å². The molecule has 0 bridgehead atoms. The van der Waals surface area contributed by atoms with E-state index in [4.69, 9.17) is 16.4 Å². The van der Waals surface area contributed by atoms with Gasteiger partial charge < -0.3 is 4.90 Å². The first-order valence-corrected chi connectivity index (χ1v) is 15.6. The van der Waals surface area contributed by atoms with Crippen LogP contribution in [0.4, 0.5) is 0 Å². The predicted molar refractivity (Wildman–Crippen MR) is 153 cm³/mol. The van der Waals surface area contributed by atoms with E-state index in [-0.39, 0.29) is 12.5 Å². The Morgan fingerprint density at radius 2 is 1.65 bits per heavy atom. The van der Waals surface area contributed by atoms with Crippen LogP contribution in [-0.2, 0) is 26.3 Å². The van der Waals surface area contributed by atoms with Crippen molar-refractivity contribution >= 4 is 33.4 Å². The van der Waals surface area contributed by atoms with Crippen molar-refractivity contribution in [3.63, 3.8) is 0 Å². The molecule has 3 aromatic carbocycles. The quantitative estimate of drug-likeness (QED) is 0.374. The molecule has 4 atom stereocenters. The number of nitrogens with zero attached hydrogens (tertiary/aromatic N) is 1. The maximum Gasteiger partial charge on any atom is 0.255 e. The molecule has 1 aliphatic heterocycles. The van der Waals surface area contributed by atoms with Crippen molar-refractivity contribution in [3.05, 3.63) is 106 Å². The van der Waals surface area contributed by atoms with Gasteiger partial charge in [-0.1, -0.05) is 85.1 Å². The van der Waals surface area contributed by atoms with Gasteiger partial charge in [0.1, 0.15) is 0 Å². The third-order valence-electron chi connectivity index (χ3n) is 7.58. The SMILES string of the molecule is CS(=O)(=O)N[C@H]1CCCC[C@@H]1N1C(=O)c2ccccc2[C@@H](C(=O)NOCc2ccccc2)[C@@H]1c1ccc(Cl)cc1. The lowest BCUT2D eigenvalue weighted by atomic mass is 9.76. The fourth-order valence-corrected chi connectivity index (χ4v) is 6.85. The molecule has 5 rings (SSSR count). The van der Waals surface area contributed by atoms with Crippen molar-refractivity contribution in [1.29, 1.82) is 0 Å². The van der Waals surface area contributed by atoms with Crippen LogP contribution in [0.5, 0.6) is 0 Å². The Kier molecular flexibility index (Phi) is 8.56. The smallest absolute Gasteiger partial charge is 0.255 e. The Labute approximate surface area is 239 Å². The van der Waals surface area contributed by atoms with E-state index in [1.807, 2.05) is 42.5 Å². The molecular formula is C30H32ClN3O5S. The Hall–Kier alpha value is -3.24. The molecule has 1 fully saturated rings. The number of hydroxylamine groups is 1. The largest absolute Gasteiger partial charge is 0.326 e. The molecule has 1 heterocycles. The van der Waals surface area contributed by atoms with Gasteiger partial charge in [-0.25, -0.2) is 18.6 Å². The highest BCUT2D eigenvalue weighted by atomic mass is 35.5. The molecule has 0 radical (unpaired) electrons. The molecule has 2 N–H and O–H groups in total. The molecule has 0 spiro atoms. The van der Waals surface area contributed by atoms with Gasteiger partial charge in [0.15, 0.2) is 0 Å². The highest BCUT2D eigenvalue weighted by Crippen LogP contribution is 2.46. The maximum atomic E-state index is 14.2. The van der Waals surface area contributed by atoms with Gasteiger partial charge in [0, 0.05) is 22.7 Å². The molecule has 1 saturated carbocycles. The summed E-state index contributed by atoms with van der Waals surface area (Å²) in [4.78, 5) is 35.5. The average Bonchev–Trinajstić information content (AvgIpc) is 2.94. The van der Waals surface area contributed by atoms with Crippen LogP contribution in [-0.4, -0.2) is 43.5 Å². The summed E-state index contributed by atoms with van der Waals surface area (Å²) in [6.07, 6.45) is 3.99. The molecule has 40 heavy (non-hydrogen) atoms. The van der Waals surface area contributed by atoms with Crippen molar-refractivity contribution in [1.82, 2.24) is 15.1 Å². The topological polar surface area (TPSA) is 105 Å². The number of nitrogens with one attached hydrogen (secondary N) is 2. The first-order valence-electron chi connectivity index (χ1n) is 13.3. The van der Waals surface area contributed by atoms with E-state index >= 15 is 0 Å². The zero-order valence-electron chi connectivity index (χ0n) is 22.1. The standard InChI is InChI=1S/C30H32ClN3O5S/c1-40(37,38)33-25-13-7-8-14-26(25)34-28(21-15-17-22(31)18-16-21)27(23-11-5-6-12-24(23)30(34)36)29(35)32-39-19-20-9-3-2-4-10-20/h2-6,9-12,15-18,25-28,33H,7-8,13-14,19H2,1H3,(H,32,35)/t25-,26-,27+,28-/m0/s1. The van der Waals surface area contributed by atoms with Crippen LogP contribution in [0.3, 0.4) is 0 Å². The van der Waals surface area contributed by atoms with E-state index in [9.17, 15) is 18.0 Å². The van der Waals surface area contributed by atoms with Gasteiger partial charge in [-0.3, -0.25) is 14.4 Å². The summed E-state index contributed by atoms with van der Waals surface area (Å²) in [6, 6.07) is 22.0. The van der Waals surface area contributed by atoms with E-state index < -0.39 is 40.0 Å². The second kappa shape index (κ2) is 12.1. The summed E-state index contributed by atoms with van der Waals surface area (Å²) >= 11 is 6.21. The van der Waals surface area contributed by atoms with Crippen LogP contribution >= 0.6 is 11.6 Å². The molecule has 1 aliphatic carbocycles. The average molecular weight is 582 g/mol. The molecular weight excluding hydrogens is 550 g/mol. The molecule has 0 aromatic heterocycles. The number of sulfonamides is 1. The molecule has 8 nitrogen and oxygen atoms in total. The van der Waals surface area contributed by atoms with Crippen molar-refractivity contribution < 1.29 is 22.8 Å². The Morgan fingerprint density at radius 1 is 0.975 bits per heavy atom. The molecule has 0 unspecified atom stereocenters. The van der Waals surface area contributed by atoms with Gasteiger partial charge in [-0.2, -0.15) is 0 Å². The Bertz CT molecular complexity index is 1470. The molecule has 2 aliphatic rings. The number of carbonyl (C=O) groups excluding carboxylic acids is 2. The van der Waals surface area contributed by atoms with Gasteiger partial charge in [0.2, 0.25) is 10.0 Å². The first kappa shape index (κ1) is 28.3. The van der Waals surface area contributed by atoms with Crippen molar-refractivity contribution in [2.75, 3.05) is 6.26 Å². The summed E-state index contributed by atoms with van der Waals surface area (Å²) in [6.45, 7) is 0.179. The first-order chi connectivity index (χ1) is 19.2. The van der Waals surface area contributed by atoms with Crippen molar-refractivity contribution in [3.8, 4) is 0 Å². The van der Waals surface area contributed by atoms with E-state index in [2.05, 4.69) is 10.2 Å². The molecule has 10 heteroatoms. The van der Waals surface area contributed by atoms with E-state index in [0.717, 1.165) is 30.2 Å². The number of hydrogen-bond acceptors (Lipinski definition) is 5. The second-order valence-corrected chi connectivity index (χ2v) is 12.6. The van der Waals surface area contributed by atoms with Gasteiger partial charge >= 0.3 is 0 Å². The number of amides is 2. The minimum absolute atomic E-state index is 0.179. The highest BCUT2D eigenvalue weighted by Gasteiger charge is 2.49. The van der Waals surface area contributed by atoms with Gasteiger partial charge in [0.25, 0.3) is 11.8 Å². The molecule has 2 amide bonds. The van der Waals surface area contributed by atoms with Crippen molar-refractivity contribution in [2.24, 2.45) is 0 Å². The summed E-state index contributed by atoms with van der Waals surface area (Å²) in [5.41, 5.74) is 5.25. The second-order valence-electron chi connectivity index (χ2n) is 10.4. The number of halogens is 1. The highest BCUT2D eigenvalue weighted by molar-refractivity contribution is 7.88. The van der Waals surface area contributed by atoms with E-state index in [0.29, 0.717) is 29.0 Å². The Morgan fingerprint density at radius 3 is 2.38 bits per heavy atom. The van der Waals surface area contributed by atoms with E-state index in [1.165, 1.54) is 0 Å². The summed E-state index contributed by atoms with van der Waals surface area (Å²) < 4.78 is 27.3. The summed E-state index contributed by atoms with van der Waals surface area (Å²) in [5.74, 6) is -1.45. The molecule has 0 saturated heterocycles. The van der Waals surface area contributed by atoms with Gasteiger partial charge in [0.05, 0.1) is 24.8 Å². The zero-order valence-corrected chi connectivity index (χ0v) is 23.7. The van der Waals surface area contributed by atoms with Crippen LogP contribution in [0.1, 0.15) is 64.7 Å².